The molecule has 2 atom stereocenters. The van der Waals surface area contributed by atoms with Crippen LogP contribution in [0.4, 0.5) is 4.79 Å². The molecule has 5 nitrogen and oxygen atoms in total. The molecule has 21 heavy (non-hydrogen) atoms. The monoisotopic (exact) mass is 299 g/mol. The fourth-order valence-corrected chi connectivity index (χ4v) is 2.31. The molecule has 0 aromatic carbocycles. The van der Waals surface area contributed by atoms with E-state index in [4.69, 9.17) is 9.47 Å². The summed E-state index contributed by atoms with van der Waals surface area (Å²) in [6.07, 6.45) is 2.53. The number of hydrogen-bond donors (Lipinski definition) is 1. The molecule has 1 saturated heterocycles. The predicted octanol–water partition coefficient (Wildman–Crippen LogP) is 2.92. The Labute approximate surface area is 127 Å². The van der Waals surface area contributed by atoms with Gasteiger partial charge in [-0.3, -0.25) is 4.79 Å². The van der Waals surface area contributed by atoms with Gasteiger partial charge in [0.25, 0.3) is 0 Å². The van der Waals surface area contributed by atoms with Crippen LogP contribution in [0.2, 0.25) is 0 Å². The minimum atomic E-state index is -0.544. The molecule has 1 rings (SSSR count). The van der Waals surface area contributed by atoms with Crippen molar-refractivity contribution in [2.75, 3.05) is 13.2 Å². The smallest absolute Gasteiger partial charge is 0.407 e. The summed E-state index contributed by atoms with van der Waals surface area (Å²) in [5.74, 6) is -0.107. The van der Waals surface area contributed by atoms with E-state index in [1.807, 2.05) is 34.6 Å². The molecule has 0 spiro atoms. The number of alkyl carbamates (subject to hydrolysis) is 1. The highest BCUT2D eigenvalue weighted by atomic mass is 16.6. The van der Waals surface area contributed by atoms with E-state index in [9.17, 15) is 9.59 Å². The van der Waals surface area contributed by atoms with Crippen molar-refractivity contribution in [2.24, 2.45) is 11.3 Å². The molecule has 1 amide bonds. The van der Waals surface area contributed by atoms with Gasteiger partial charge in [0.15, 0.2) is 5.78 Å². The van der Waals surface area contributed by atoms with E-state index >= 15 is 0 Å². The lowest BCUT2D eigenvalue weighted by molar-refractivity contribution is -0.126. The Hall–Kier alpha value is -1.10. The second-order valence-corrected chi connectivity index (χ2v) is 7.09. The van der Waals surface area contributed by atoms with E-state index in [-0.39, 0.29) is 29.8 Å². The lowest BCUT2D eigenvalue weighted by atomic mass is 9.81. The Morgan fingerprint density at radius 2 is 1.95 bits per heavy atom. The first-order chi connectivity index (χ1) is 9.71. The molecule has 0 saturated carbocycles. The van der Waals surface area contributed by atoms with E-state index in [2.05, 4.69) is 5.32 Å². The van der Waals surface area contributed by atoms with Gasteiger partial charge in [0, 0.05) is 12.5 Å². The lowest BCUT2D eigenvalue weighted by Gasteiger charge is -2.31. The quantitative estimate of drug-likeness (QED) is 0.847. The van der Waals surface area contributed by atoms with Crippen molar-refractivity contribution in [1.29, 1.82) is 0 Å². The average molecular weight is 299 g/mol. The van der Waals surface area contributed by atoms with Crippen LogP contribution in [0.15, 0.2) is 0 Å². The van der Waals surface area contributed by atoms with Crippen LogP contribution in [0.5, 0.6) is 0 Å². The number of Topliss-reactive ketones (excluding diaryl/α,β-unsaturated/α-hetero) is 1. The number of ketones is 1. The predicted molar refractivity (Wildman–Crippen MR) is 81.2 cm³/mol. The molecule has 1 aliphatic rings. The van der Waals surface area contributed by atoms with Crippen LogP contribution in [0.3, 0.4) is 0 Å². The number of ether oxygens (including phenoxy) is 2. The lowest BCUT2D eigenvalue weighted by Crippen LogP contribution is -2.51. The van der Waals surface area contributed by atoms with Crippen LogP contribution in [-0.2, 0) is 14.3 Å². The maximum Gasteiger partial charge on any atom is 0.407 e. The van der Waals surface area contributed by atoms with Crippen molar-refractivity contribution in [3.63, 3.8) is 0 Å². The molecule has 0 aliphatic carbocycles. The van der Waals surface area contributed by atoms with Crippen LogP contribution in [0, 0.1) is 11.3 Å². The third kappa shape index (κ3) is 6.04. The zero-order chi connectivity index (χ0) is 16.0. The van der Waals surface area contributed by atoms with Crippen molar-refractivity contribution in [3.8, 4) is 0 Å². The van der Waals surface area contributed by atoms with Crippen LogP contribution in [0.1, 0.15) is 53.9 Å². The Balaban J connectivity index is 2.50. The summed E-state index contributed by atoms with van der Waals surface area (Å²) in [6, 6.07) is -0.544. The Morgan fingerprint density at radius 1 is 1.29 bits per heavy atom. The van der Waals surface area contributed by atoms with Gasteiger partial charge >= 0.3 is 6.09 Å². The molecule has 0 aromatic heterocycles. The maximum atomic E-state index is 12.2. The van der Waals surface area contributed by atoms with E-state index < -0.39 is 12.1 Å². The van der Waals surface area contributed by atoms with Gasteiger partial charge in [-0.15, -0.1) is 0 Å². The summed E-state index contributed by atoms with van der Waals surface area (Å²) in [7, 11) is 0. The fourth-order valence-electron chi connectivity index (χ4n) is 2.31. The molecular formula is C16H29NO4. The molecule has 122 valence electrons. The van der Waals surface area contributed by atoms with Crippen molar-refractivity contribution in [2.45, 2.75) is 66.0 Å². The van der Waals surface area contributed by atoms with E-state index in [0.717, 1.165) is 25.9 Å². The van der Waals surface area contributed by atoms with Crippen molar-refractivity contribution in [1.82, 2.24) is 5.32 Å². The van der Waals surface area contributed by atoms with E-state index in [1.165, 1.54) is 0 Å². The van der Waals surface area contributed by atoms with Gasteiger partial charge in [-0.1, -0.05) is 34.6 Å². The minimum absolute atomic E-state index is 0.0154. The van der Waals surface area contributed by atoms with Crippen LogP contribution >= 0.6 is 0 Å². The summed E-state index contributed by atoms with van der Waals surface area (Å²) in [5, 5.41) is 2.71. The summed E-state index contributed by atoms with van der Waals surface area (Å²) < 4.78 is 10.7. The van der Waals surface area contributed by atoms with Crippen LogP contribution in [0.25, 0.3) is 0 Å². The van der Waals surface area contributed by atoms with Gasteiger partial charge in [-0.2, -0.15) is 0 Å². The minimum Gasteiger partial charge on any atom is -0.447 e. The fraction of sp³-hybridized carbons (Fsp3) is 0.875. The van der Waals surface area contributed by atoms with Gasteiger partial charge < -0.3 is 14.8 Å². The number of amides is 1. The molecule has 0 bridgehead atoms. The van der Waals surface area contributed by atoms with Gasteiger partial charge in [0.05, 0.1) is 12.1 Å². The van der Waals surface area contributed by atoms with Crippen LogP contribution in [-0.4, -0.2) is 37.2 Å². The highest BCUT2D eigenvalue weighted by Gasteiger charge is 2.34. The van der Waals surface area contributed by atoms with Crippen molar-refractivity contribution >= 4 is 11.9 Å². The molecule has 2 unspecified atom stereocenters. The van der Waals surface area contributed by atoms with Crippen LogP contribution < -0.4 is 5.32 Å². The first kappa shape index (κ1) is 18.0. The molecule has 1 N–H and O–H groups in total. The van der Waals surface area contributed by atoms with Crippen molar-refractivity contribution < 1.29 is 19.1 Å². The summed E-state index contributed by atoms with van der Waals surface area (Å²) in [6.45, 7) is 10.5. The first-order valence-corrected chi connectivity index (χ1v) is 7.80. The largest absolute Gasteiger partial charge is 0.447 e. The molecule has 1 aliphatic heterocycles. The summed E-state index contributed by atoms with van der Waals surface area (Å²) >= 11 is 0. The normalized spacial score (nSPS) is 21.0. The highest BCUT2D eigenvalue weighted by Crippen LogP contribution is 2.22. The number of carbonyl (C=O) groups excluding carboxylic acids is 2. The maximum absolute atomic E-state index is 12.2. The number of nitrogens with one attached hydrogen (secondary N) is 1. The summed E-state index contributed by atoms with van der Waals surface area (Å²) in [5.41, 5.74) is -0.346. The topological polar surface area (TPSA) is 64.6 Å². The highest BCUT2D eigenvalue weighted by molar-refractivity contribution is 5.89. The zero-order valence-corrected chi connectivity index (χ0v) is 13.9. The van der Waals surface area contributed by atoms with E-state index in [0.29, 0.717) is 0 Å². The van der Waals surface area contributed by atoms with Gasteiger partial charge in [0.1, 0.15) is 6.61 Å². The Bertz CT molecular complexity index is 354. The molecule has 0 aromatic rings. The molecular weight excluding hydrogens is 270 g/mol. The molecule has 0 radical (unpaired) electrons. The second kappa shape index (κ2) is 7.78. The standard InChI is InChI=1S/C16H29NO4/c1-11(2)13(18)14(16(3,4)5)17-15(19)21-10-12-8-6-7-9-20-12/h11-12,14H,6-10H2,1-5H3,(H,17,19). The Kier molecular flexibility index (Phi) is 6.65. The third-order valence-electron chi connectivity index (χ3n) is 3.66. The first-order valence-electron chi connectivity index (χ1n) is 7.80. The van der Waals surface area contributed by atoms with Gasteiger partial charge in [0.2, 0.25) is 0 Å². The number of carbonyl (C=O) groups is 2. The van der Waals surface area contributed by atoms with E-state index in [1.54, 1.807) is 0 Å². The second-order valence-electron chi connectivity index (χ2n) is 7.09. The number of hydrogen-bond acceptors (Lipinski definition) is 4. The molecule has 1 fully saturated rings. The molecule has 5 heteroatoms. The average Bonchev–Trinajstić information content (AvgIpc) is 2.41. The zero-order valence-electron chi connectivity index (χ0n) is 13.9. The van der Waals surface area contributed by atoms with Gasteiger partial charge in [-0.05, 0) is 24.7 Å². The third-order valence-corrected chi connectivity index (χ3v) is 3.66. The van der Waals surface area contributed by atoms with Gasteiger partial charge in [-0.25, -0.2) is 4.79 Å². The number of rotatable bonds is 5. The summed E-state index contributed by atoms with van der Waals surface area (Å²) in [4.78, 5) is 24.2. The SMILES string of the molecule is CC(C)C(=O)C(NC(=O)OCC1CCCCO1)C(C)(C)C. The Morgan fingerprint density at radius 3 is 2.43 bits per heavy atom. The molecule has 1 heterocycles. The van der Waals surface area contributed by atoms with Crippen molar-refractivity contribution in [3.05, 3.63) is 0 Å².